The molecule has 4 rings (SSSR count). The molecule has 3 aromatic rings. The molecule has 0 fully saturated rings. The van der Waals surface area contributed by atoms with Gasteiger partial charge in [0.1, 0.15) is 0 Å². The topological polar surface area (TPSA) is 167 Å². The molecule has 2 amide bonds. The molecule has 0 atom stereocenters. The van der Waals surface area contributed by atoms with Crippen molar-refractivity contribution in [2.24, 2.45) is 22.2 Å². The number of amides is 2. The summed E-state index contributed by atoms with van der Waals surface area (Å²) in [4.78, 5) is 33.1. The molecule has 0 saturated heterocycles. The normalized spacial score (nSPS) is 12.7. The summed E-state index contributed by atoms with van der Waals surface area (Å²) in [7, 11) is 1.72. The SMILES string of the molecule is CN(C(=O)c1ccc(C(=O)Nc2ccc(CN=C(N)N)cc2)cc1)c1ccc(C2=CCN(C(=N)N)CC2)cc1. The molecule has 0 bridgehead atoms. The Bertz CT molecular complexity index is 1410. The van der Waals surface area contributed by atoms with E-state index < -0.39 is 0 Å². The molecule has 8 N–H and O–H groups in total. The molecule has 0 radical (unpaired) electrons. The van der Waals surface area contributed by atoms with Crippen LogP contribution < -0.4 is 27.4 Å². The molecule has 0 aliphatic carbocycles. The summed E-state index contributed by atoms with van der Waals surface area (Å²) in [6.07, 6.45) is 2.88. The molecule has 1 aliphatic rings. The highest BCUT2D eigenvalue weighted by Crippen LogP contribution is 2.25. The van der Waals surface area contributed by atoms with E-state index >= 15 is 0 Å². The second-order valence-electron chi connectivity index (χ2n) is 9.19. The van der Waals surface area contributed by atoms with Crippen LogP contribution in [0.3, 0.4) is 0 Å². The second kappa shape index (κ2) is 12.0. The smallest absolute Gasteiger partial charge is 0.258 e. The number of nitrogens with two attached hydrogens (primary N) is 3. The number of carbonyl (C=O) groups is 2. The van der Waals surface area contributed by atoms with Gasteiger partial charge < -0.3 is 32.3 Å². The minimum absolute atomic E-state index is 0.0233. The molecule has 10 nitrogen and oxygen atoms in total. The van der Waals surface area contributed by atoms with Crippen molar-refractivity contribution in [2.75, 3.05) is 30.4 Å². The van der Waals surface area contributed by atoms with Crippen molar-refractivity contribution >= 4 is 40.7 Å². The third-order valence-electron chi connectivity index (χ3n) is 6.53. The van der Waals surface area contributed by atoms with Crippen LogP contribution in [0.2, 0.25) is 0 Å². The lowest BCUT2D eigenvalue weighted by atomic mass is 9.99. The van der Waals surface area contributed by atoms with Crippen molar-refractivity contribution in [3.05, 3.63) is 101 Å². The van der Waals surface area contributed by atoms with Gasteiger partial charge in [-0.15, -0.1) is 0 Å². The quantitative estimate of drug-likeness (QED) is 0.235. The van der Waals surface area contributed by atoms with Gasteiger partial charge in [-0.25, -0.2) is 4.99 Å². The first-order valence-corrected chi connectivity index (χ1v) is 12.4. The van der Waals surface area contributed by atoms with Gasteiger partial charge in [-0.1, -0.05) is 30.3 Å². The highest BCUT2D eigenvalue weighted by molar-refractivity contribution is 6.08. The molecule has 0 spiro atoms. The van der Waals surface area contributed by atoms with E-state index in [1.165, 1.54) is 5.57 Å². The Hall–Kier alpha value is -5.12. The van der Waals surface area contributed by atoms with Crippen LogP contribution in [0.25, 0.3) is 5.57 Å². The van der Waals surface area contributed by atoms with Crippen LogP contribution in [0.4, 0.5) is 11.4 Å². The summed E-state index contributed by atoms with van der Waals surface area (Å²) in [5.41, 5.74) is 21.8. The average molecular weight is 525 g/mol. The van der Waals surface area contributed by atoms with Crippen molar-refractivity contribution in [3.8, 4) is 0 Å². The molecule has 1 heterocycles. The van der Waals surface area contributed by atoms with Crippen molar-refractivity contribution in [3.63, 3.8) is 0 Å². The predicted molar refractivity (Wildman–Crippen MR) is 156 cm³/mol. The van der Waals surface area contributed by atoms with Gasteiger partial charge in [0.2, 0.25) is 0 Å². The number of carbonyl (C=O) groups excluding carboxylic acids is 2. The van der Waals surface area contributed by atoms with E-state index in [0.29, 0.717) is 36.4 Å². The third kappa shape index (κ3) is 6.80. The van der Waals surface area contributed by atoms with Crippen LogP contribution in [0, 0.1) is 5.41 Å². The van der Waals surface area contributed by atoms with Gasteiger partial charge in [-0.05, 0) is 71.7 Å². The van der Waals surface area contributed by atoms with Gasteiger partial charge >= 0.3 is 0 Å². The lowest BCUT2D eigenvalue weighted by Crippen LogP contribution is -2.39. The van der Waals surface area contributed by atoms with E-state index in [4.69, 9.17) is 22.6 Å². The standard InChI is InChI=1S/C29H32N8O2/c1-36(25-12-8-20(9-13-25)21-14-16-37(17-15-21)29(32)33)27(39)23-6-4-22(5-7-23)26(38)35-24-10-2-19(3-11-24)18-34-28(30)31/h2-14H,15-18H2,1H3,(H3,32,33)(H,35,38)(H4,30,31,34). The summed E-state index contributed by atoms with van der Waals surface area (Å²) in [6, 6.07) is 21.6. The second-order valence-corrected chi connectivity index (χ2v) is 9.19. The van der Waals surface area contributed by atoms with E-state index in [1.807, 2.05) is 41.3 Å². The molecular formula is C29H32N8O2. The van der Waals surface area contributed by atoms with Gasteiger partial charge in [-0.2, -0.15) is 0 Å². The van der Waals surface area contributed by atoms with Crippen LogP contribution in [0.1, 0.15) is 38.3 Å². The third-order valence-corrected chi connectivity index (χ3v) is 6.53. The largest absolute Gasteiger partial charge is 0.370 e. The number of aliphatic imine (C=N–C) groups is 1. The van der Waals surface area contributed by atoms with Gasteiger partial charge in [0.15, 0.2) is 11.9 Å². The first-order valence-electron chi connectivity index (χ1n) is 12.4. The zero-order chi connectivity index (χ0) is 27.9. The monoisotopic (exact) mass is 524 g/mol. The average Bonchev–Trinajstić information content (AvgIpc) is 2.96. The number of hydrogen-bond donors (Lipinski definition) is 5. The number of nitrogens with one attached hydrogen (secondary N) is 2. The summed E-state index contributed by atoms with van der Waals surface area (Å²) < 4.78 is 0. The van der Waals surface area contributed by atoms with Crippen LogP contribution in [-0.4, -0.2) is 48.8 Å². The van der Waals surface area contributed by atoms with Crippen LogP contribution in [0.15, 0.2) is 83.9 Å². The summed E-state index contributed by atoms with van der Waals surface area (Å²) >= 11 is 0. The molecule has 0 aromatic heterocycles. The molecule has 3 aromatic carbocycles. The van der Waals surface area contributed by atoms with E-state index in [-0.39, 0.29) is 23.7 Å². The van der Waals surface area contributed by atoms with Crippen molar-refractivity contribution in [2.45, 2.75) is 13.0 Å². The summed E-state index contributed by atoms with van der Waals surface area (Å²) in [5, 5.41) is 10.4. The van der Waals surface area contributed by atoms with Gasteiger partial charge in [0, 0.05) is 42.6 Å². The highest BCUT2D eigenvalue weighted by Gasteiger charge is 2.17. The maximum atomic E-state index is 13.1. The van der Waals surface area contributed by atoms with E-state index in [0.717, 1.165) is 23.2 Å². The zero-order valence-electron chi connectivity index (χ0n) is 21.7. The van der Waals surface area contributed by atoms with Crippen LogP contribution in [-0.2, 0) is 6.54 Å². The Morgan fingerprint density at radius 1 is 0.949 bits per heavy atom. The van der Waals surface area contributed by atoms with Crippen molar-refractivity contribution < 1.29 is 9.59 Å². The minimum Gasteiger partial charge on any atom is -0.370 e. The van der Waals surface area contributed by atoms with Crippen molar-refractivity contribution in [1.82, 2.24) is 4.90 Å². The number of hydrogen-bond acceptors (Lipinski definition) is 4. The Morgan fingerprint density at radius 2 is 1.59 bits per heavy atom. The molecule has 10 heteroatoms. The molecule has 39 heavy (non-hydrogen) atoms. The maximum absolute atomic E-state index is 13.1. The fraction of sp³-hybridized carbons (Fsp3) is 0.172. The Balaban J connectivity index is 1.35. The van der Waals surface area contributed by atoms with E-state index in [1.54, 1.807) is 48.3 Å². The molecule has 200 valence electrons. The van der Waals surface area contributed by atoms with E-state index in [9.17, 15) is 9.59 Å². The fourth-order valence-corrected chi connectivity index (χ4v) is 4.20. The van der Waals surface area contributed by atoms with Gasteiger partial charge in [-0.3, -0.25) is 15.0 Å². The molecule has 1 aliphatic heterocycles. The van der Waals surface area contributed by atoms with Crippen molar-refractivity contribution in [1.29, 1.82) is 5.41 Å². The van der Waals surface area contributed by atoms with Gasteiger partial charge in [0.05, 0.1) is 6.54 Å². The highest BCUT2D eigenvalue weighted by atomic mass is 16.2. The predicted octanol–water partition coefficient (Wildman–Crippen LogP) is 2.97. The number of nitrogens with zero attached hydrogens (tertiary/aromatic N) is 3. The Morgan fingerprint density at radius 3 is 2.15 bits per heavy atom. The van der Waals surface area contributed by atoms with Crippen LogP contribution in [0.5, 0.6) is 0 Å². The number of guanidine groups is 2. The Kier molecular flexibility index (Phi) is 8.25. The van der Waals surface area contributed by atoms with E-state index in [2.05, 4.69) is 16.4 Å². The maximum Gasteiger partial charge on any atom is 0.258 e. The number of rotatable bonds is 7. The Labute approximate surface area is 227 Å². The molecule has 0 saturated carbocycles. The number of anilines is 2. The first kappa shape index (κ1) is 26.9. The summed E-state index contributed by atoms with van der Waals surface area (Å²) in [5.74, 6) is -0.352. The minimum atomic E-state index is -0.279. The fourth-order valence-electron chi connectivity index (χ4n) is 4.20. The summed E-state index contributed by atoms with van der Waals surface area (Å²) in [6.45, 7) is 1.69. The zero-order valence-corrected chi connectivity index (χ0v) is 21.7. The first-order chi connectivity index (χ1) is 18.7. The molecular weight excluding hydrogens is 492 g/mol. The van der Waals surface area contributed by atoms with Gasteiger partial charge in [0.25, 0.3) is 11.8 Å². The van der Waals surface area contributed by atoms with Crippen LogP contribution >= 0.6 is 0 Å². The molecule has 0 unspecified atom stereocenters. The lowest BCUT2D eigenvalue weighted by molar-refractivity contribution is 0.0989. The number of benzene rings is 3. The lowest BCUT2D eigenvalue weighted by Gasteiger charge is -2.26.